The number of aromatic hydroxyl groups is 1. The third-order valence-corrected chi connectivity index (χ3v) is 8.90. The van der Waals surface area contributed by atoms with Crippen LogP contribution in [0.1, 0.15) is 31.8 Å². The molecule has 10 nitrogen and oxygen atoms in total. The van der Waals surface area contributed by atoms with Gasteiger partial charge in [0.1, 0.15) is 17.1 Å². The molecule has 3 aromatic carbocycles. The molecule has 3 N–H and O–H groups in total. The Morgan fingerprint density at radius 3 is 2.12 bits per heavy atom. The largest absolute Gasteiger partial charge is 0.506 e. The first-order valence-corrected chi connectivity index (χ1v) is 16.3. The van der Waals surface area contributed by atoms with Crippen LogP contribution in [0.4, 0.5) is 11.4 Å². The van der Waals surface area contributed by atoms with Gasteiger partial charge in [-0.1, -0.05) is 41.4 Å². The summed E-state index contributed by atoms with van der Waals surface area (Å²) in [5, 5.41) is 23.7. The van der Waals surface area contributed by atoms with Crippen LogP contribution in [-0.4, -0.2) is 32.1 Å². The highest BCUT2D eigenvalue weighted by molar-refractivity contribution is 6.33. The highest BCUT2D eigenvalue weighted by Crippen LogP contribution is 2.44. The molecule has 12 heteroatoms. The summed E-state index contributed by atoms with van der Waals surface area (Å²) in [4.78, 5) is 49.2. The van der Waals surface area contributed by atoms with Crippen LogP contribution in [-0.2, 0) is 13.1 Å². The minimum Gasteiger partial charge on any atom is -0.506 e. The van der Waals surface area contributed by atoms with Crippen molar-refractivity contribution >= 4 is 57.4 Å². The number of carboxylic acids is 1. The van der Waals surface area contributed by atoms with Crippen molar-refractivity contribution in [1.29, 1.82) is 0 Å². The van der Waals surface area contributed by atoms with E-state index >= 15 is 0 Å². The Balaban J connectivity index is 1.21. The molecule has 7 rings (SSSR count). The van der Waals surface area contributed by atoms with E-state index in [0.717, 1.165) is 16.8 Å². The summed E-state index contributed by atoms with van der Waals surface area (Å²) < 4.78 is 5.89. The van der Waals surface area contributed by atoms with Crippen molar-refractivity contribution in [3.05, 3.63) is 158 Å². The number of aromatic carboxylic acids is 1. The predicted octanol–water partition coefficient (Wildman–Crippen LogP) is 8.52. The van der Waals surface area contributed by atoms with Gasteiger partial charge < -0.3 is 24.8 Å². The molecule has 0 spiro atoms. The normalized spacial score (nSPS) is 11.1. The first kappa shape index (κ1) is 33.3. The average molecular weight is 718 g/mol. The maximum absolute atomic E-state index is 13.5. The van der Waals surface area contributed by atoms with Gasteiger partial charge in [0, 0.05) is 83.5 Å². The summed E-state index contributed by atoms with van der Waals surface area (Å²) in [5.74, 6) is -1.97. The standard InChI is InChI=1S/C39H26Cl2N4O6/c40-31-14-29-35(16-33(31)46)51-36-17-34(47)32(41)15-30(36)37(29)27-10-5-24(13-28(27)39(49)50)38(48)44-25-6-8-26(9-7-25)45(20-22-3-1-11-42-18-22)21-23-4-2-12-43-19-23/h1-19,46H,20-21H2,(H,44,48)(H,49,50). The summed E-state index contributed by atoms with van der Waals surface area (Å²) >= 11 is 12.5. The van der Waals surface area contributed by atoms with E-state index in [-0.39, 0.29) is 43.8 Å². The molecule has 0 radical (unpaired) electrons. The molecule has 0 bridgehead atoms. The van der Waals surface area contributed by atoms with E-state index in [4.69, 9.17) is 27.6 Å². The van der Waals surface area contributed by atoms with E-state index in [0.29, 0.717) is 35.3 Å². The highest BCUT2D eigenvalue weighted by Gasteiger charge is 2.25. The number of hydrogen-bond acceptors (Lipinski definition) is 8. The van der Waals surface area contributed by atoms with Crippen LogP contribution in [0, 0.1) is 0 Å². The Hall–Kier alpha value is -6.23. The van der Waals surface area contributed by atoms with Gasteiger partial charge >= 0.3 is 5.97 Å². The number of carboxylic acid groups (broad SMARTS) is 1. The molecule has 5 aromatic rings. The lowest BCUT2D eigenvalue weighted by Crippen LogP contribution is -2.22. The number of nitrogens with zero attached hydrogens (tertiary/aromatic N) is 3. The van der Waals surface area contributed by atoms with E-state index in [1.807, 2.05) is 48.8 Å². The van der Waals surface area contributed by atoms with Gasteiger partial charge in [-0.3, -0.25) is 19.6 Å². The molecule has 0 saturated heterocycles. The van der Waals surface area contributed by atoms with E-state index in [1.165, 1.54) is 42.5 Å². The van der Waals surface area contributed by atoms with Crippen LogP contribution in [0.3, 0.4) is 0 Å². The minimum atomic E-state index is -1.30. The van der Waals surface area contributed by atoms with Crippen molar-refractivity contribution in [3.8, 4) is 28.2 Å². The van der Waals surface area contributed by atoms with Gasteiger partial charge in [0.25, 0.3) is 5.91 Å². The van der Waals surface area contributed by atoms with Crippen LogP contribution in [0.15, 0.2) is 125 Å². The lowest BCUT2D eigenvalue weighted by atomic mass is 9.89. The highest BCUT2D eigenvalue weighted by atomic mass is 35.5. The molecule has 1 aliphatic heterocycles. The van der Waals surface area contributed by atoms with Gasteiger partial charge in [-0.25, -0.2) is 4.79 Å². The molecule has 1 aliphatic carbocycles. The number of benzene rings is 4. The molecule has 1 amide bonds. The molecule has 0 unspecified atom stereocenters. The number of fused-ring (bicyclic) bond motifs is 2. The molecule has 0 atom stereocenters. The second-order valence-corrected chi connectivity index (χ2v) is 12.5. The van der Waals surface area contributed by atoms with Crippen LogP contribution >= 0.6 is 23.2 Å². The van der Waals surface area contributed by atoms with Crippen molar-refractivity contribution < 1.29 is 24.2 Å². The summed E-state index contributed by atoms with van der Waals surface area (Å²) in [7, 11) is 0. The number of anilines is 2. The summed E-state index contributed by atoms with van der Waals surface area (Å²) in [6, 6.07) is 24.7. The lowest BCUT2D eigenvalue weighted by Gasteiger charge is -2.25. The fourth-order valence-electron chi connectivity index (χ4n) is 5.89. The second-order valence-electron chi connectivity index (χ2n) is 11.7. The Morgan fingerprint density at radius 2 is 1.49 bits per heavy atom. The first-order chi connectivity index (χ1) is 24.6. The fourth-order valence-corrected chi connectivity index (χ4v) is 6.22. The molecule has 0 saturated carbocycles. The zero-order valence-corrected chi connectivity index (χ0v) is 28.0. The maximum Gasteiger partial charge on any atom is 0.336 e. The van der Waals surface area contributed by atoms with E-state index < -0.39 is 17.3 Å². The van der Waals surface area contributed by atoms with Crippen molar-refractivity contribution in [2.75, 3.05) is 10.2 Å². The number of phenols is 1. The Morgan fingerprint density at radius 1 is 0.804 bits per heavy atom. The number of phenolic OH excluding ortho intramolecular Hbond substituents is 1. The number of hydrogen-bond donors (Lipinski definition) is 3. The second kappa shape index (κ2) is 13.9. The SMILES string of the molecule is O=C(Nc1ccc(N(Cc2cccnc2)Cc2cccnc2)cc1)c1ccc(-c2c3cc(Cl)c(=O)cc-3oc3cc(O)c(Cl)cc23)c(C(=O)O)c1. The average Bonchev–Trinajstić information content (AvgIpc) is 3.13. The predicted molar refractivity (Wildman–Crippen MR) is 196 cm³/mol. The number of rotatable bonds is 9. The van der Waals surface area contributed by atoms with E-state index in [9.17, 15) is 24.6 Å². The minimum absolute atomic E-state index is 0.000928. The van der Waals surface area contributed by atoms with Gasteiger partial charge in [-0.15, -0.1) is 0 Å². The molecule has 51 heavy (non-hydrogen) atoms. The van der Waals surface area contributed by atoms with Gasteiger partial charge in [0.05, 0.1) is 15.6 Å². The molecule has 2 aromatic heterocycles. The first-order valence-electron chi connectivity index (χ1n) is 15.5. The zero-order chi connectivity index (χ0) is 35.6. The summed E-state index contributed by atoms with van der Waals surface area (Å²) in [5.41, 5.74) is 3.94. The van der Waals surface area contributed by atoms with E-state index in [2.05, 4.69) is 20.2 Å². The van der Waals surface area contributed by atoms with Crippen LogP contribution < -0.4 is 15.6 Å². The molecule has 3 heterocycles. The lowest BCUT2D eigenvalue weighted by molar-refractivity contribution is 0.0697. The molecule has 2 aliphatic rings. The summed E-state index contributed by atoms with van der Waals surface area (Å²) in [6.07, 6.45) is 7.09. The van der Waals surface area contributed by atoms with Crippen LogP contribution in [0.5, 0.6) is 5.75 Å². The molecular weight excluding hydrogens is 691 g/mol. The van der Waals surface area contributed by atoms with Crippen LogP contribution in [0.25, 0.3) is 33.4 Å². The van der Waals surface area contributed by atoms with Crippen molar-refractivity contribution in [3.63, 3.8) is 0 Å². The van der Waals surface area contributed by atoms with Crippen molar-refractivity contribution in [2.45, 2.75) is 13.1 Å². The number of pyridine rings is 2. The molecule has 252 valence electrons. The van der Waals surface area contributed by atoms with Crippen molar-refractivity contribution in [2.24, 2.45) is 0 Å². The van der Waals surface area contributed by atoms with Gasteiger partial charge in [-0.2, -0.15) is 0 Å². The molecule has 0 fully saturated rings. The van der Waals surface area contributed by atoms with Crippen molar-refractivity contribution in [1.82, 2.24) is 9.97 Å². The number of halogens is 2. The monoisotopic (exact) mass is 716 g/mol. The number of carbonyl (C=O) groups excluding carboxylic acids is 1. The Kier molecular flexibility index (Phi) is 9.10. The smallest absolute Gasteiger partial charge is 0.336 e. The quantitative estimate of drug-likeness (QED) is 0.125. The number of nitrogens with one attached hydrogen (secondary N) is 1. The number of amides is 1. The third kappa shape index (κ3) is 6.96. The maximum atomic E-state index is 13.5. The number of carbonyl (C=O) groups is 2. The van der Waals surface area contributed by atoms with Gasteiger partial charge in [0.15, 0.2) is 0 Å². The van der Waals surface area contributed by atoms with Gasteiger partial charge in [0.2, 0.25) is 5.43 Å². The Bertz CT molecular complexity index is 2410. The third-order valence-electron chi connectivity index (χ3n) is 8.31. The Labute approximate surface area is 300 Å². The van der Waals surface area contributed by atoms with Gasteiger partial charge in [-0.05, 0) is 77.4 Å². The van der Waals surface area contributed by atoms with E-state index in [1.54, 1.807) is 24.5 Å². The van der Waals surface area contributed by atoms with Crippen LogP contribution in [0.2, 0.25) is 10.0 Å². The molecular formula is C39H26Cl2N4O6. The zero-order valence-electron chi connectivity index (χ0n) is 26.5. The number of aromatic nitrogens is 2. The fraction of sp³-hybridized carbons (Fsp3) is 0.0513. The topological polar surface area (TPSA) is 146 Å². The summed E-state index contributed by atoms with van der Waals surface area (Å²) in [6.45, 7) is 1.19.